The van der Waals surface area contributed by atoms with Crippen LogP contribution in [0.2, 0.25) is 0 Å². The molecule has 6 rings (SSSR count). The summed E-state index contributed by atoms with van der Waals surface area (Å²) in [6.07, 6.45) is 7.16. The summed E-state index contributed by atoms with van der Waals surface area (Å²) in [5.41, 5.74) is 9.41. The van der Waals surface area contributed by atoms with E-state index in [1.165, 1.54) is 9.80 Å². The Kier molecular flexibility index (Phi) is 10.0. The fraction of sp³-hybridized carbons (Fsp3) is 0.182. The number of carbonyl (C=O) groups is 4. The number of Topliss-reactive ketones (excluding diaryl/α,β-unsaturated/α-hetero) is 2. The van der Waals surface area contributed by atoms with E-state index in [1.807, 2.05) is 125 Å². The van der Waals surface area contributed by atoms with E-state index in [4.69, 9.17) is 0 Å². The van der Waals surface area contributed by atoms with E-state index in [-0.39, 0.29) is 37.7 Å². The van der Waals surface area contributed by atoms with Crippen molar-refractivity contribution in [2.45, 2.75) is 27.7 Å². The summed E-state index contributed by atoms with van der Waals surface area (Å²) in [4.78, 5) is 58.7. The highest BCUT2D eigenvalue weighted by Gasteiger charge is 2.37. The van der Waals surface area contributed by atoms with E-state index in [9.17, 15) is 19.2 Å². The van der Waals surface area contributed by atoms with Gasteiger partial charge >= 0.3 is 11.8 Å². The van der Waals surface area contributed by atoms with Gasteiger partial charge in [0.25, 0.3) is 0 Å². The van der Waals surface area contributed by atoms with Crippen LogP contribution in [-0.2, 0) is 19.2 Å². The molecule has 0 radical (unpaired) electrons. The molecule has 50 heavy (non-hydrogen) atoms. The van der Waals surface area contributed by atoms with Gasteiger partial charge < -0.3 is 9.80 Å². The van der Waals surface area contributed by atoms with Crippen molar-refractivity contribution in [2.24, 2.45) is 0 Å². The maximum absolute atomic E-state index is 14.1. The largest absolute Gasteiger partial charge is 0.325 e. The maximum Gasteiger partial charge on any atom is 0.312 e. The van der Waals surface area contributed by atoms with Crippen LogP contribution in [0.3, 0.4) is 0 Å². The Morgan fingerprint density at radius 2 is 0.600 bits per heavy atom. The van der Waals surface area contributed by atoms with Gasteiger partial charge in [-0.15, -0.1) is 0 Å². The summed E-state index contributed by atoms with van der Waals surface area (Å²) < 4.78 is 0. The fourth-order valence-corrected chi connectivity index (χ4v) is 6.09. The standard InChI is InChI=1S/C44H40N2O4/c1-29-5-13-33(14-6-29)21-37-25-45(26-38(41(37)47)22-34-15-7-30(2)8-16-34)43(49)44(50)46-27-39(23-35-17-9-31(3)10-18-35)42(48)40(28-46)24-36-19-11-32(4)12-20-36/h5-24H,25-28H2,1-4H3/b37-21+,38-22+,39-23+,40-24+. The molecule has 2 aliphatic rings. The molecule has 4 aromatic carbocycles. The molecular formula is C44H40N2O4. The van der Waals surface area contributed by atoms with E-state index in [0.29, 0.717) is 22.3 Å². The van der Waals surface area contributed by atoms with Gasteiger partial charge in [-0.2, -0.15) is 0 Å². The highest BCUT2D eigenvalue weighted by Crippen LogP contribution is 2.26. The predicted molar refractivity (Wildman–Crippen MR) is 200 cm³/mol. The Hall–Kier alpha value is -5.88. The third kappa shape index (κ3) is 8.04. The average molecular weight is 661 g/mol. The number of likely N-dealkylation sites (tertiary alicyclic amines) is 2. The number of amides is 2. The highest BCUT2D eigenvalue weighted by atomic mass is 16.2. The molecular weight excluding hydrogens is 620 g/mol. The number of piperidine rings is 2. The van der Waals surface area contributed by atoms with Crippen LogP contribution in [0.5, 0.6) is 0 Å². The monoisotopic (exact) mass is 660 g/mol. The van der Waals surface area contributed by atoms with Gasteiger partial charge in [0.15, 0.2) is 11.6 Å². The molecule has 4 aromatic rings. The van der Waals surface area contributed by atoms with Crippen molar-refractivity contribution in [3.05, 3.63) is 164 Å². The van der Waals surface area contributed by atoms with E-state index < -0.39 is 11.8 Å². The summed E-state index contributed by atoms with van der Waals surface area (Å²) in [6.45, 7) is 7.95. The van der Waals surface area contributed by atoms with E-state index in [2.05, 4.69) is 0 Å². The number of carbonyl (C=O) groups excluding carboxylic acids is 4. The molecule has 0 unspecified atom stereocenters. The van der Waals surface area contributed by atoms with Crippen molar-refractivity contribution in [2.75, 3.05) is 26.2 Å². The minimum absolute atomic E-state index is 0.00653. The number of ketones is 2. The first-order chi connectivity index (χ1) is 24.0. The summed E-state index contributed by atoms with van der Waals surface area (Å²) >= 11 is 0. The Labute approximate surface area is 293 Å². The molecule has 2 aliphatic heterocycles. The van der Waals surface area contributed by atoms with Gasteiger partial charge in [0.1, 0.15) is 0 Å². The number of hydrogen-bond donors (Lipinski definition) is 0. The molecule has 250 valence electrons. The zero-order valence-corrected chi connectivity index (χ0v) is 28.9. The van der Waals surface area contributed by atoms with Crippen LogP contribution < -0.4 is 0 Å². The normalized spacial score (nSPS) is 18.4. The van der Waals surface area contributed by atoms with Crippen molar-refractivity contribution in [3.63, 3.8) is 0 Å². The van der Waals surface area contributed by atoms with Crippen molar-refractivity contribution in [1.29, 1.82) is 0 Å². The second-order valence-electron chi connectivity index (χ2n) is 13.3. The topological polar surface area (TPSA) is 74.8 Å². The van der Waals surface area contributed by atoms with Gasteiger partial charge in [0.2, 0.25) is 0 Å². The second kappa shape index (κ2) is 14.7. The molecule has 2 saturated heterocycles. The summed E-state index contributed by atoms with van der Waals surface area (Å²) in [5, 5.41) is 0. The quantitative estimate of drug-likeness (QED) is 0.169. The number of nitrogens with zero attached hydrogens (tertiary/aromatic N) is 2. The average Bonchev–Trinajstić information content (AvgIpc) is 3.11. The molecule has 6 heteroatoms. The highest BCUT2D eigenvalue weighted by molar-refractivity contribution is 6.36. The zero-order valence-electron chi connectivity index (χ0n) is 28.9. The van der Waals surface area contributed by atoms with Crippen LogP contribution in [0.15, 0.2) is 119 Å². The molecule has 2 heterocycles. The van der Waals surface area contributed by atoms with Gasteiger partial charge in [0.05, 0.1) is 26.2 Å². The first kappa shape index (κ1) is 34.0. The second-order valence-corrected chi connectivity index (χ2v) is 13.3. The van der Waals surface area contributed by atoms with Crippen molar-refractivity contribution in [1.82, 2.24) is 9.80 Å². The molecule has 2 fully saturated rings. The van der Waals surface area contributed by atoms with Crippen LogP contribution in [0.1, 0.15) is 44.5 Å². The van der Waals surface area contributed by atoms with Crippen LogP contribution >= 0.6 is 0 Å². The van der Waals surface area contributed by atoms with Gasteiger partial charge in [0, 0.05) is 22.3 Å². The third-order valence-corrected chi connectivity index (χ3v) is 9.04. The van der Waals surface area contributed by atoms with Crippen molar-refractivity contribution in [3.8, 4) is 0 Å². The van der Waals surface area contributed by atoms with E-state index in [0.717, 1.165) is 44.5 Å². The van der Waals surface area contributed by atoms with Crippen LogP contribution in [0, 0.1) is 27.7 Å². The number of benzene rings is 4. The summed E-state index contributed by atoms with van der Waals surface area (Å²) in [5.74, 6) is -1.75. The Morgan fingerprint density at radius 3 is 0.800 bits per heavy atom. The molecule has 2 amide bonds. The number of hydrogen-bond acceptors (Lipinski definition) is 4. The molecule has 0 saturated carbocycles. The molecule has 0 atom stereocenters. The smallest absolute Gasteiger partial charge is 0.312 e. The number of aryl methyl sites for hydroxylation is 4. The lowest BCUT2D eigenvalue weighted by Crippen LogP contribution is -2.52. The Bertz CT molecular complexity index is 1790. The first-order valence-corrected chi connectivity index (χ1v) is 16.8. The van der Waals surface area contributed by atoms with Crippen LogP contribution in [0.4, 0.5) is 0 Å². The maximum atomic E-state index is 14.1. The van der Waals surface area contributed by atoms with E-state index in [1.54, 1.807) is 24.3 Å². The molecule has 0 spiro atoms. The van der Waals surface area contributed by atoms with Crippen LogP contribution in [0.25, 0.3) is 24.3 Å². The lowest BCUT2D eigenvalue weighted by Gasteiger charge is -2.33. The lowest BCUT2D eigenvalue weighted by molar-refractivity contribution is -0.151. The van der Waals surface area contributed by atoms with Crippen molar-refractivity contribution >= 4 is 47.7 Å². The van der Waals surface area contributed by atoms with Gasteiger partial charge in [-0.1, -0.05) is 119 Å². The minimum Gasteiger partial charge on any atom is -0.325 e. The third-order valence-electron chi connectivity index (χ3n) is 9.04. The Balaban J connectivity index is 1.33. The van der Waals surface area contributed by atoms with E-state index >= 15 is 0 Å². The summed E-state index contributed by atoms with van der Waals surface area (Å²) in [7, 11) is 0. The first-order valence-electron chi connectivity index (χ1n) is 16.8. The zero-order chi connectivity index (χ0) is 35.4. The van der Waals surface area contributed by atoms with Gasteiger partial charge in [-0.05, 0) is 74.3 Å². The fourth-order valence-electron chi connectivity index (χ4n) is 6.09. The van der Waals surface area contributed by atoms with Crippen molar-refractivity contribution < 1.29 is 19.2 Å². The molecule has 0 bridgehead atoms. The lowest BCUT2D eigenvalue weighted by atomic mass is 9.93. The van der Waals surface area contributed by atoms with Gasteiger partial charge in [-0.3, -0.25) is 19.2 Å². The SMILES string of the molecule is Cc1ccc(/C=C2\CN(C(=O)C(=O)N3C/C(=C\c4ccc(C)cc4)C(=O)/C(=C/c4ccc(C)cc4)C3)C/C(=C\c3ccc(C)cc3)C2=O)cc1. The molecule has 6 nitrogen and oxygen atoms in total. The minimum atomic E-state index is -0.721. The Morgan fingerprint density at radius 1 is 0.400 bits per heavy atom. The molecule has 0 N–H and O–H groups in total. The number of rotatable bonds is 4. The summed E-state index contributed by atoms with van der Waals surface area (Å²) in [6, 6.07) is 31.2. The van der Waals surface area contributed by atoms with Gasteiger partial charge in [-0.25, -0.2) is 0 Å². The molecule has 0 aliphatic carbocycles. The predicted octanol–water partition coefficient (Wildman–Crippen LogP) is 7.38. The van der Waals surface area contributed by atoms with Crippen LogP contribution in [-0.4, -0.2) is 59.4 Å². The molecule has 0 aromatic heterocycles.